The van der Waals surface area contributed by atoms with Crippen molar-refractivity contribution in [3.8, 4) is 5.88 Å². The Kier molecular flexibility index (Phi) is 3.78. The van der Waals surface area contributed by atoms with E-state index in [1.54, 1.807) is 6.07 Å². The fourth-order valence-electron chi connectivity index (χ4n) is 2.62. The highest BCUT2D eigenvalue weighted by atomic mass is 16.5. The number of nitrogens with zero attached hydrogens (tertiary/aromatic N) is 2. The Morgan fingerprint density at radius 3 is 2.59 bits per heavy atom. The number of aromatic nitrogens is 2. The van der Waals surface area contributed by atoms with Crippen molar-refractivity contribution in [2.45, 2.75) is 39.2 Å². The first-order valence-electron chi connectivity index (χ1n) is 6.12. The SMILES string of the molecule is CC1CC(C)CC(Oc2cc(NN)ncn2)C1. The van der Waals surface area contributed by atoms with Crippen LogP contribution in [-0.4, -0.2) is 16.1 Å². The number of hydrogen-bond acceptors (Lipinski definition) is 5. The Labute approximate surface area is 102 Å². The number of nitrogen functional groups attached to an aromatic ring is 1. The highest BCUT2D eigenvalue weighted by molar-refractivity contribution is 5.35. The number of hydrazine groups is 1. The number of nitrogens with two attached hydrogens (primary N) is 1. The molecule has 2 atom stereocenters. The Bertz CT molecular complexity index is 361. The predicted molar refractivity (Wildman–Crippen MR) is 66.4 cm³/mol. The van der Waals surface area contributed by atoms with Crippen molar-refractivity contribution < 1.29 is 4.74 Å². The summed E-state index contributed by atoms with van der Waals surface area (Å²) in [4.78, 5) is 8.06. The maximum atomic E-state index is 5.89. The lowest BCUT2D eigenvalue weighted by Crippen LogP contribution is -2.28. The first kappa shape index (κ1) is 12.1. The molecule has 0 aromatic carbocycles. The maximum Gasteiger partial charge on any atom is 0.218 e. The molecule has 1 saturated carbocycles. The summed E-state index contributed by atoms with van der Waals surface area (Å²) in [6.45, 7) is 4.55. The minimum absolute atomic E-state index is 0.259. The van der Waals surface area contributed by atoms with Crippen LogP contribution in [0.5, 0.6) is 5.88 Å². The zero-order chi connectivity index (χ0) is 12.3. The van der Waals surface area contributed by atoms with Crippen LogP contribution in [0.4, 0.5) is 5.82 Å². The molecule has 94 valence electrons. The molecule has 0 amide bonds. The van der Waals surface area contributed by atoms with Crippen LogP contribution in [0, 0.1) is 11.8 Å². The van der Waals surface area contributed by atoms with Gasteiger partial charge >= 0.3 is 0 Å². The van der Waals surface area contributed by atoms with Gasteiger partial charge < -0.3 is 10.2 Å². The topological polar surface area (TPSA) is 73.1 Å². The van der Waals surface area contributed by atoms with Gasteiger partial charge in [0.25, 0.3) is 0 Å². The summed E-state index contributed by atoms with van der Waals surface area (Å²) in [5, 5.41) is 0. The van der Waals surface area contributed by atoms with E-state index in [-0.39, 0.29) is 6.10 Å². The number of nitrogens with one attached hydrogen (secondary N) is 1. The summed E-state index contributed by atoms with van der Waals surface area (Å²) in [5.74, 6) is 7.91. The van der Waals surface area contributed by atoms with Crippen molar-refractivity contribution in [2.24, 2.45) is 17.7 Å². The van der Waals surface area contributed by atoms with Gasteiger partial charge in [-0.05, 0) is 31.1 Å². The summed E-state index contributed by atoms with van der Waals surface area (Å²) in [6, 6.07) is 1.73. The third kappa shape index (κ3) is 3.30. The predicted octanol–water partition coefficient (Wildman–Crippen LogP) is 1.97. The van der Waals surface area contributed by atoms with E-state index in [1.807, 2.05) is 0 Å². The maximum absolute atomic E-state index is 5.89. The van der Waals surface area contributed by atoms with Crippen molar-refractivity contribution in [2.75, 3.05) is 5.43 Å². The van der Waals surface area contributed by atoms with E-state index >= 15 is 0 Å². The first-order valence-corrected chi connectivity index (χ1v) is 6.12. The Hall–Kier alpha value is -1.36. The van der Waals surface area contributed by atoms with E-state index in [4.69, 9.17) is 10.6 Å². The van der Waals surface area contributed by atoms with E-state index in [9.17, 15) is 0 Å². The number of hydrogen-bond donors (Lipinski definition) is 2. The Balaban J connectivity index is 1.99. The molecular formula is C12H20N4O. The fraction of sp³-hybridized carbons (Fsp3) is 0.667. The second-order valence-corrected chi connectivity index (χ2v) is 5.04. The fourth-order valence-corrected chi connectivity index (χ4v) is 2.62. The molecule has 0 radical (unpaired) electrons. The molecule has 1 aliphatic carbocycles. The molecule has 1 aromatic heterocycles. The van der Waals surface area contributed by atoms with Gasteiger partial charge in [-0.15, -0.1) is 0 Å². The third-order valence-corrected chi connectivity index (χ3v) is 3.21. The number of ether oxygens (including phenoxy) is 1. The second-order valence-electron chi connectivity index (χ2n) is 5.04. The Morgan fingerprint density at radius 1 is 1.24 bits per heavy atom. The van der Waals surface area contributed by atoms with Crippen LogP contribution in [0.15, 0.2) is 12.4 Å². The average Bonchev–Trinajstić information content (AvgIpc) is 2.28. The van der Waals surface area contributed by atoms with Crippen molar-refractivity contribution in [3.63, 3.8) is 0 Å². The van der Waals surface area contributed by atoms with Crippen molar-refractivity contribution >= 4 is 5.82 Å². The van der Waals surface area contributed by atoms with Gasteiger partial charge in [-0.2, -0.15) is 0 Å². The molecule has 2 rings (SSSR count). The highest BCUT2D eigenvalue weighted by Crippen LogP contribution is 2.30. The molecule has 17 heavy (non-hydrogen) atoms. The normalized spacial score (nSPS) is 28.8. The third-order valence-electron chi connectivity index (χ3n) is 3.21. The van der Waals surface area contributed by atoms with Gasteiger partial charge in [-0.3, -0.25) is 0 Å². The average molecular weight is 236 g/mol. The summed E-state index contributed by atoms with van der Waals surface area (Å²) in [5.41, 5.74) is 2.49. The minimum atomic E-state index is 0.259. The molecule has 1 heterocycles. The van der Waals surface area contributed by atoms with E-state index in [0.717, 1.165) is 24.7 Å². The molecule has 1 aliphatic rings. The molecule has 2 unspecified atom stereocenters. The van der Waals surface area contributed by atoms with Crippen LogP contribution in [0.2, 0.25) is 0 Å². The zero-order valence-electron chi connectivity index (χ0n) is 10.4. The largest absolute Gasteiger partial charge is 0.474 e. The summed E-state index contributed by atoms with van der Waals surface area (Å²) < 4.78 is 5.89. The minimum Gasteiger partial charge on any atom is -0.474 e. The van der Waals surface area contributed by atoms with E-state index < -0.39 is 0 Å². The molecule has 1 fully saturated rings. The number of rotatable bonds is 3. The van der Waals surface area contributed by atoms with Crippen molar-refractivity contribution in [3.05, 3.63) is 12.4 Å². The highest BCUT2D eigenvalue weighted by Gasteiger charge is 2.25. The van der Waals surface area contributed by atoms with Gasteiger partial charge in [0.1, 0.15) is 18.2 Å². The molecule has 5 heteroatoms. The molecular weight excluding hydrogens is 216 g/mol. The summed E-state index contributed by atoms with van der Waals surface area (Å²) in [6.07, 6.45) is 5.20. The summed E-state index contributed by atoms with van der Waals surface area (Å²) >= 11 is 0. The molecule has 5 nitrogen and oxygen atoms in total. The van der Waals surface area contributed by atoms with Crippen LogP contribution in [0.3, 0.4) is 0 Å². The van der Waals surface area contributed by atoms with Gasteiger partial charge in [0.2, 0.25) is 5.88 Å². The standard InChI is InChI=1S/C12H20N4O/c1-8-3-9(2)5-10(4-8)17-12-6-11(16-13)14-7-15-12/h6-10H,3-5,13H2,1-2H3,(H,14,15,16). The van der Waals surface area contributed by atoms with Crippen LogP contribution in [-0.2, 0) is 0 Å². The van der Waals surface area contributed by atoms with Gasteiger partial charge in [0.15, 0.2) is 0 Å². The molecule has 0 aliphatic heterocycles. The van der Waals surface area contributed by atoms with Gasteiger partial charge in [-0.1, -0.05) is 13.8 Å². The first-order chi connectivity index (χ1) is 8.17. The van der Waals surface area contributed by atoms with Crippen LogP contribution in [0.1, 0.15) is 33.1 Å². The van der Waals surface area contributed by atoms with E-state index in [2.05, 4.69) is 29.2 Å². The van der Waals surface area contributed by atoms with Crippen LogP contribution >= 0.6 is 0 Å². The lowest BCUT2D eigenvalue weighted by Gasteiger charge is -2.31. The molecule has 0 saturated heterocycles. The Morgan fingerprint density at radius 2 is 1.94 bits per heavy atom. The second kappa shape index (κ2) is 5.31. The lowest BCUT2D eigenvalue weighted by atomic mass is 9.82. The monoisotopic (exact) mass is 236 g/mol. The lowest BCUT2D eigenvalue weighted by molar-refractivity contribution is 0.0966. The molecule has 3 N–H and O–H groups in total. The van der Waals surface area contributed by atoms with Gasteiger partial charge in [0, 0.05) is 6.07 Å². The smallest absolute Gasteiger partial charge is 0.218 e. The zero-order valence-corrected chi connectivity index (χ0v) is 10.4. The summed E-state index contributed by atoms with van der Waals surface area (Å²) in [7, 11) is 0. The van der Waals surface area contributed by atoms with Crippen LogP contribution in [0.25, 0.3) is 0 Å². The molecule has 0 spiro atoms. The van der Waals surface area contributed by atoms with Crippen molar-refractivity contribution in [1.82, 2.24) is 9.97 Å². The van der Waals surface area contributed by atoms with Gasteiger partial charge in [-0.25, -0.2) is 15.8 Å². The van der Waals surface area contributed by atoms with Crippen molar-refractivity contribution in [1.29, 1.82) is 0 Å². The molecule has 0 bridgehead atoms. The van der Waals surface area contributed by atoms with E-state index in [0.29, 0.717) is 11.7 Å². The van der Waals surface area contributed by atoms with Crippen LogP contribution < -0.4 is 16.0 Å². The quantitative estimate of drug-likeness (QED) is 0.620. The molecule has 1 aromatic rings. The van der Waals surface area contributed by atoms with Gasteiger partial charge in [0.05, 0.1) is 0 Å². The number of anilines is 1. The van der Waals surface area contributed by atoms with E-state index in [1.165, 1.54) is 12.7 Å².